The normalized spacial score (nSPS) is 14.0. The van der Waals surface area contributed by atoms with E-state index in [-0.39, 0.29) is 24.1 Å². The maximum absolute atomic E-state index is 14.1. The van der Waals surface area contributed by atoms with E-state index in [2.05, 4.69) is 20.9 Å². The van der Waals surface area contributed by atoms with Gasteiger partial charge in [-0.1, -0.05) is 71.1 Å². The van der Waals surface area contributed by atoms with Crippen LogP contribution in [0.15, 0.2) is 66.9 Å². The number of rotatable bonds is 19. The van der Waals surface area contributed by atoms with Crippen LogP contribution in [0.4, 0.5) is 0 Å². The van der Waals surface area contributed by atoms with Gasteiger partial charge in [0, 0.05) is 18.6 Å². The molecule has 0 bridgehead atoms. The van der Waals surface area contributed by atoms with E-state index >= 15 is 0 Å². The molecule has 2 aromatic carbocycles. The fourth-order valence-electron chi connectivity index (χ4n) is 4.45. The van der Waals surface area contributed by atoms with Crippen LogP contribution in [0.2, 0.25) is 0 Å². The number of aromatic nitrogens is 1. The second kappa shape index (κ2) is 19.2. The summed E-state index contributed by atoms with van der Waals surface area (Å²) in [6.07, 6.45) is 1.47. The van der Waals surface area contributed by atoms with Gasteiger partial charge in [-0.3, -0.25) is 19.2 Å². The highest BCUT2D eigenvalue weighted by molar-refractivity contribution is 14.1. The minimum absolute atomic E-state index is 0.0694. The zero-order valence-corrected chi connectivity index (χ0v) is 30.0. The first-order valence-corrected chi connectivity index (χ1v) is 17.2. The van der Waals surface area contributed by atoms with E-state index in [0.29, 0.717) is 15.6 Å². The van der Waals surface area contributed by atoms with Crippen molar-refractivity contribution in [3.8, 4) is 5.75 Å². The molecule has 48 heavy (non-hydrogen) atoms. The van der Waals surface area contributed by atoms with E-state index in [0.717, 1.165) is 16.9 Å². The predicted octanol–water partition coefficient (Wildman–Crippen LogP) is 2.44. The zero-order valence-electron chi connectivity index (χ0n) is 27.0. The predicted molar refractivity (Wildman–Crippen MR) is 186 cm³/mol. The van der Waals surface area contributed by atoms with Gasteiger partial charge in [-0.25, -0.2) is 9.78 Å². The molecule has 1 heterocycles. The molecule has 0 aliphatic rings. The lowest BCUT2D eigenvalue weighted by molar-refractivity contribution is -0.166. The third-order valence-corrected chi connectivity index (χ3v) is 9.26. The van der Waals surface area contributed by atoms with Crippen molar-refractivity contribution in [2.45, 2.75) is 44.0 Å². The number of nitrogens with one attached hydrogen (secondary N) is 3. The van der Waals surface area contributed by atoms with Crippen LogP contribution in [0.25, 0.3) is 0 Å². The van der Waals surface area contributed by atoms with Gasteiger partial charge >= 0.3 is 5.97 Å². The Bertz CT molecular complexity index is 1530. The largest absolute Gasteiger partial charge is 0.482 e. The number of ether oxygens (including phenoxy) is 4. The summed E-state index contributed by atoms with van der Waals surface area (Å²) in [7, 11) is 2.72. The molecule has 0 saturated heterocycles. The Labute approximate surface area is 296 Å². The molecule has 13 nitrogen and oxygen atoms in total. The number of carbonyl (C=O) groups is 5. The molecule has 2 unspecified atom stereocenters. The lowest BCUT2D eigenvalue weighted by Gasteiger charge is -2.31. The molecule has 1 aromatic heterocycles. The number of Topliss-reactive ketones (excluding diaryl/α,β-unsaturated/α-hetero) is 1. The van der Waals surface area contributed by atoms with E-state index in [9.17, 15) is 24.0 Å². The average Bonchev–Trinajstić information content (AvgIpc) is 3.53. The zero-order chi connectivity index (χ0) is 35.1. The summed E-state index contributed by atoms with van der Waals surface area (Å²) in [6.45, 7) is 2.37. The molecule has 0 aliphatic heterocycles. The number of para-hydroxylation sites is 1. The lowest BCUT2D eigenvalue weighted by atomic mass is 9.92. The maximum Gasteiger partial charge on any atom is 0.345 e. The van der Waals surface area contributed by atoms with Gasteiger partial charge in [-0.15, -0.1) is 11.3 Å². The van der Waals surface area contributed by atoms with Crippen LogP contribution in [0.5, 0.6) is 5.75 Å². The van der Waals surface area contributed by atoms with Crippen LogP contribution in [0.3, 0.4) is 0 Å². The third-order valence-electron chi connectivity index (χ3n) is 6.90. The Hall–Kier alpha value is -3.93. The number of esters is 1. The number of halogens is 1. The Morgan fingerprint density at radius 1 is 0.854 bits per heavy atom. The summed E-state index contributed by atoms with van der Waals surface area (Å²) in [6, 6.07) is 14.1. The molecule has 4 atom stereocenters. The highest BCUT2D eigenvalue weighted by Crippen LogP contribution is 2.21. The van der Waals surface area contributed by atoms with Gasteiger partial charge in [0.25, 0.3) is 5.91 Å². The van der Waals surface area contributed by atoms with Crippen LogP contribution in [-0.4, -0.2) is 96.7 Å². The monoisotopic (exact) mass is 794 g/mol. The molecule has 0 radical (unpaired) electrons. The SMILES string of the molecule is COC[C@H](NC(=O)c1cnc(C)s1)C(=O)N[C@@H](COC)C(=O)NC(Cc1ccccc1)C(=O)C(C)(CI)OC(=O)COc1ccccc1. The number of hydrogen-bond acceptors (Lipinski definition) is 11. The second-order valence-corrected chi connectivity index (χ2v) is 12.8. The number of methoxy groups -OCH3 is 2. The Morgan fingerprint density at radius 3 is 1.96 bits per heavy atom. The molecule has 3 aromatic rings. The van der Waals surface area contributed by atoms with Crippen LogP contribution in [-0.2, 0) is 39.8 Å². The first kappa shape index (κ1) is 38.5. The van der Waals surface area contributed by atoms with Crippen LogP contribution in [0.1, 0.15) is 27.2 Å². The number of alkyl halides is 1. The number of aryl methyl sites for hydroxylation is 1. The quantitative estimate of drug-likeness (QED) is 0.0931. The smallest absolute Gasteiger partial charge is 0.345 e. The maximum atomic E-state index is 14.1. The molecule has 0 fully saturated rings. The lowest BCUT2D eigenvalue weighted by Crippen LogP contribution is -2.60. The van der Waals surface area contributed by atoms with E-state index in [1.165, 1.54) is 27.3 Å². The summed E-state index contributed by atoms with van der Waals surface area (Å²) < 4.78 is 21.6. The number of benzene rings is 2. The number of nitrogens with zero attached hydrogens (tertiary/aromatic N) is 1. The summed E-state index contributed by atoms with van der Waals surface area (Å²) in [5, 5.41) is 8.60. The first-order chi connectivity index (χ1) is 23.0. The highest BCUT2D eigenvalue weighted by atomic mass is 127. The van der Waals surface area contributed by atoms with Crippen molar-refractivity contribution in [1.29, 1.82) is 0 Å². The molecule has 3 N–H and O–H groups in total. The molecule has 3 amide bonds. The third kappa shape index (κ3) is 11.6. The summed E-state index contributed by atoms with van der Waals surface area (Å²) in [5.74, 6) is -2.83. The van der Waals surface area contributed by atoms with Gasteiger partial charge < -0.3 is 34.9 Å². The first-order valence-electron chi connectivity index (χ1n) is 14.9. The topological polar surface area (TPSA) is 171 Å². The number of carbonyl (C=O) groups excluding carboxylic acids is 5. The Kier molecular flexibility index (Phi) is 15.4. The van der Waals surface area contributed by atoms with E-state index < -0.39 is 59.8 Å². The van der Waals surface area contributed by atoms with E-state index in [1.54, 1.807) is 55.5 Å². The van der Waals surface area contributed by atoms with E-state index in [4.69, 9.17) is 18.9 Å². The fourth-order valence-corrected chi connectivity index (χ4v) is 5.66. The number of ketones is 1. The molecular formula is C33H39IN4O9S. The van der Waals surface area contributed by atoms with Crippen molar-refractivity contribution < 1.29 is 42.9 Å². The Balaban J connectivity index is 1.77. The molecule has 0 spiro atoms. The van der Waals surface area contributed by atoms with Crippen molar-refractivity contribution in [2.75, 3.05) is 38.5 Å². The molecule has 3 rings (SSSR count). The second-order valence-electron chi connectivity index (χ2n) is 10.8. The Morgan fingerprint density at radius 2 is 1.42 bits per heavy atom. The van der Waals surface area contributed by atoms with Crippen LogP contribution >= 0.6 is 33.9 Å². The van der Waals surface area contributed by atoms with Crippen molar-refractivity contribution in [1.82, 2.24) is 20.9 Å². The molecular weight excluding hydrogens is 755 g/mol. The van der Waals surface area contributed by atoms with Crippen LogP contribution < -0.4 is 20.7 Å². The van der Waals surface area contributed by atoms with Gasteiger partial charge in [0.1, 0.15) is 22.7 Å². The van der Waals surface area contributed by atoms with Gasteiger partial charge in [-0.05, 0) is 38.0 Å². The highest BCUT2D eigenvalue weighted by Gasteiger charge is 2.42. The molecule has 258 valence electrons. The summed E-state index contributed by atoms with van der Waals surface area (Å²) in [5.41, 5.74) is -0.896. The summed E-state index contributed by atoms with van der Waals surface area (Å²) >= 11 is 3.11. The minimum Gasteiger partial charge on any atom is -0.482 e. The van der Waals surface area contributed by atoms with Gasteiger partial charge in [0.05, 0.1) is 30.5 Å². The molecule has 15 heteroatoms. The van der Waals surface area contributed by atoms with Crippen LogP contribution in [0, 0.1) is 6.92 Å². The van der Waals surface area contributed by atoms with Gasteiger partial charge in [-0.2, -0.15) is 0 Å². The van der Waals surface area contributed by atoms with Gasteiger partial charge in [0.15, 0.2) is 18.0 Å². The number of hydrogen-bond donors (Lipinski definition) is 3. The molecule has 0 saturated carbocycles. The average molecular weight is 795 g/mol. The van der Waals surface area contributed by atoms with E-state index in [1.807, 2.05) is 34.7 Å². The van der Waals surface area contributed by atoms with Crippen molar-refractivity contribution in [3.05, 3.63) is 82.3 Å². The van der Waals surface area contributed by atoms with Crippen molar-refractivity contribution >= 4 is 63.4 Å². The van der Waals surface area contributed by atoms with Crippen molar-refractivity contribution in [3.63, 3.8) is 0 Å². The standard InChI is InChI=1S/C33H39IN4O9S/c1-21-35-16-27(48-21)32(43)38-26(18-45-4)31(42)37-25(17-44-3)30(41)36-24(15-22-11-7-5-8-12-22)29(40)33(2,20-34)47-28(39)19-46-23-13-9-6-10-14-23/h5-14,16,24-26H,15,17-20H2,1-4H3,(H,36,41)(H,37,42)(H,38,43)/t24?,25-,26-,33?/m0/s1. The minimum atomic E-state index is -1.63. The molecule has 0 aliphatic carbocycles. The van der Waals surface area contributed by atoms with Gasteiger partial charge in [0.2, 0.25) is 11.8 Å². The van der Waals surface area contributed by atoms with Crippen molar-refractivity contribution in [2.24, 2.45) is 0 Å². The number of thiazole rings is 1. The number of amides is 3. The fraction of sp³-hybridized carbons (Fsp3) is 0.394. The summed E-state index contributed by atoms with van der Waals surface area (Å²) in [4.78, 5) is 71.0.